The van der Waals surface area contributed by atoms with Gasteiger partial charge in [0.1, 0.15) is 23.5 Å². The van der Waals surface area contributed by atoms with Gasteiger partial charge in [0.25, 0.3) is 17.4 Å². The predicted molar refractivity (Wildman–Crippen MR) is 146 cm³/mol. The molecule has 1 aromatic carbocycles. The van der Waals surface area contributed by atoms with Crippen LogP contribution in [-0.4, -0.2) is 69.1 Å². The Kier molecular flexibility index (Phi) is 6.90. The molecule has 0 radical (unpaired) electrons. The van der Waals surface area contributed by atoms with Crippen molar-refractivity contribution >= 4 is 16.9 Å². The molecule has 9 nitrogen and oxygen atoms in total. The number of alkyl halides is 2. The molecule has 1 saturated heterocycles. The molecule has 1 aliphatic heterocycles. The molecule has 2 N–H and O–H groups in total. The number of nitrogens with zero attached hydrogens (tertiary/aromatic N) is 4. The Morgan fingerprint density at radius 1 is 1.22 bits per heavy atom. The Bertz CT molecular complexity index is 1690. The fourth-order valence-electron chi connectivity index (χ4n) is 5.08. The first kappa shape index (κ1) is 27.2. The molecule has 6 rings (SSSR count). The number of aromatic amines is 1. The monoisotopic (exact) mass is 566 g/mol. The normalized spacial score (nSPS) is 17.0. The second-order valence-electron chi connectivity index (χ2n) is 10.8. The highest BCUT2D eigenvalue weighted by molar-refractivity contribution is 6.01. The van der Waals surface area contributed by atoms with Gasteiger partial charge in [0, 0.05) is 37.0 Å². The number of pyridine rings is 1. The first-order valence-electron chi connectivity index (χ1n) is 13.4. The molecule has 4 heterocycles. The summed E-state index contributed by atoms with van der Waals surface area (Å²) in [5.74, 6) is -3.79. The summed E-state index contributed by atoms with van der Waals surface area (Å²) in [5.41, 5.74) is 2.88. The van der Waals surface area contributed by atoms with Crippen LogP contribution in [0.1, 0.15) is 47.4 Å². The van der Waals surface area contributed by atoms with E-state index in [9.17, 15) is 22.8 Å². The minimum Gasteiger partial charge on any atom is -0.383 e. The van der Waals surface area contributed by atoms with Crippen LogP contribution in [0.3, 0.4) is 0 Å². The van der Waals surface area contributed by atoms with E-state index < -0.39 is 30.7 Å². The van der Waals surface area contributed by atoms with Gasteiger partial charge in [0.05, 0.1) is 30.8 Å². The Balaban J connectivity index is 1.39. The number of likely N-dealkylation sites (tertiary alicyclic amines) is 1. The zero-order valence-electron chi connectivity index (χ0n) is 22.6. The second-order valence-corrected chi connectivity index (χ2v) is 10.8. The summed E-state index contributed by atoms with van der Waals surface area (Å²) < 4.78 is 47.7. The maximum Gasteiger partial charge on any atom is 0.283 e. The maximum atomic E-state index is 14.3. The van der Waals surface area contributed by atoms with E-state index >= 15 is 0 Å². The van der Waals surface area contributed by atoms with Crippen LogP contribution in [0, 0.1) is 5.82 Å². The molecule has 0 bridgehead atoms. The van der Waals surface area contributed by atoms with E-state index in [4.69, 9.17) is 9.72 Å². The van der Waals surface area contributed by atoms with Gasteiger partial charge in [-0.3, -0.25) is 9.59 Å². The summed E-state index contributed by atoms with van der Waals surface area (Å²) in [4.78, 5) is 40.0. The van der Waals surface area contributed by atoms with Crippen LogP contribution in [0.15, 0.2) is 47.5 Å². The van der Waals surface area contributed by atoms with Crippen molar-refractivity contribution in [2.75, 3.05) is 26.8 Å². The van der Waals surface area contributed by atoms with Crippen molar-refractivity contribution in [1.82, 2.24) is 29.7 Å². The van der Waals surface area contributed by atoms with E-state index in [1.807, 2.05) is 19.1 Å². The number of H-pyrrole nitrogens is 1. The molecule has 41 heavy (non-hydrogen) atoms. The summed E-state index contributed by atoms with van der Waals surface area (Å²) in [6, 6.07) is 9.10. The first-order chi connectivity index (χ1) is 19.6. The predicted octanol–water partition coefficient (Wildman–Crippen LogP) is 4.01. The lowest BCUT2D eigenvalue weighted by Gasteiger charge is -2.39. The Hall–Kier alpha value is -4.03. The highest BCUT2D eigenvalue weighted by Gasteiger charge is 2.46. The third kappa shape index (κ3) is 5.49. The molecule has 1 aliphatic carbocycles. The van der Waals surface area contributed by atoms with Crippen molar-refractivity contribution in [1.29, 1.82) is 0 Å². The van der Waals surface area contributed by atoms with Gasteiger partial charge < -0.3 is 19.9 Å². The fourth-order valence-corrected chi connectivity index (χ4v) is 5.08. The molecule has 2 aliphatic rings. The molecule has 1 amide bonds. The number of nitrogens with one attached hydrogen (secondary N) is 2. The van der Waals surface area contributed by atoms with Crippen LogP contribution in [0.4, 0.5) is 13.2 Å². The van der Waals surface area contributed by atoms with Gasteiger partial charge >= 0.3 is 0 Å². The van der Waals surface area contributed by atoms with E-state index in [-0.39, 0.29) is 23.1 Å². The van der Waals surface area contributed by atoms with E-state index in [0.717, 1.165) is 35.2 Å². The summed E-state index contributed by atoms with van der Waals surface area (Å²) in [7, 11) is 1.63. The smallest absolute Gasteiger partial charge is 0.283 e. The summed E-state index contributed by atoms with van der Waals surface area (Å²) in [6.45, 7) is 1.60. The molecule has 1 saturated carbocycles. The highest BCUT2D eigenvalue weighted by atomic mass is 19.3. The molecule has 1 atom stereocenters. The van der Waals surface area contributed by atoms with E-state index in [1.54, 1.807) is 13.2 Å². The molecule has 0 unspecified atom stereocenters. The Morgan fingerprint density at radius 3 is 2.71 bits per heavy atom. The number of halogens is 3. The molecular formula is C29H29F3N6O3. The minimum atomic E-state index is -2.95. The van der Waals surface area contributed by atoms with E-state index in [0.29, 0.717) is 41.1 Å². The molecule has 214 valence electrons. The summed E-state index contributed by atoms with van der Waals surface area (Å²) >= 11 is 0. The summed E-state index contributed by atoms with van der Waals surface area (Å²) in [5, 5.41) is 3.31. The number of hydrogen-bond donors (Lipinski definition) is 2. The third-order valence-corrected chi connectivity index (χ3v) is 7.38. The molecule has 3 aromatic heterocycles. The van der Waals surface area contributed by atoms with Gasteiger partial charge in [-0.25, -0.2) is 27.7 Å². The van der Waals surface area contributed by atoms with Crippen molar-refractivity contribution in [3.63, 3.8) is 0 Å². The zero-order valence-corrected chi connectivity index (χ0v) is 22.6. The lowest BCUT2D eigenvalue weighted by molar-refractivity contribution is -0.113. The Labute approximate surface area is 233 Å². The first-order valence-corrected chi connectivity index (χ1v) is 13.4. The van der Waals surface area contributed by atoms with Gasteiger partial charge in [-0.2, -0.15) is 0 Å². The van der Waals surface area contributed by atoms with Crippen LogP contribution in [0.5, 0.6) is 0 Å². The van der Waals surface area contributed by atoms with E-state index in [1.165, 1.54) is 23.0 Å². The standard InChI is InChI=1S/C29H29F3N6O3/c1-16(12-41-2)33-11-20-10-24-26(35-20)28(40)38(15-34-24)25-8-18(7-23(36-25)17-3-4-17)21-6-5-19(30)9-22(21)27(39)37-13-29(31,32)14-37/h5-10,15-17,33,35H,3-4,11-14H2,1-2H3/t16-/m0/s1. The second kappa shape index (κ2) is 10.4. The van der Waals surface area contributed by atoms with Gasteiger partial charge in [-0.15, -0.1) is 0 Å². The average molecular weight is 567 g/mol. The molecule has 2 fully saturated rings. The van der Waals surface area contributed by atoms with Crippen LogP contribution in [0.25, 0.3) is 28.0 Å². The van der Waals surface area contributed by atoms with Crippen molar-refractivity contribution in [3.05, 3.63) is 75.8 Å². The number of hydrogen-bond acceptors (Lipinski definition) is 6. The van der Waals surface area contributed by atoms with E-state index in [2.05, 4.69) is 15.3 Å². The summed E-state index contributed by atoms with van der Waals surface area (Å²) in [6.07, 6.45) is 3.26. The van der Waals surface area contributed by atoms with Gasteiger partial charge in [0.2, 0.25) is 0 Å². The van der Waals surface area contributed by atoms with Crippen LogP contribution < -0.4 is 10.9 Å². The third-order valence-electron chi connectivity index (χ3n) is 7.38. The van der Waals surface area contributed by atoms with Crippen molar-refractivity contribution in [2.24, 2.45) is 0 Å². The molecule has 12 heteroatoms. The molecule has 4 aromatic rings. The van der Waals surface area contributed by atoms with Crippen molar-refractivity contribution < 1.29 is 22.7 Å². The number of ether oxygens (including phenoxy) is 1. The lowest BCUT2D eigenvalue weighted by Crippen LogP contribution is -2.58. The molecule has 0 spiro atoms. The quantitative estimate of drug-likeness (QED) is 0.317. The van der Waals surface area contributed by atoms with Gasteiger partial charge in [-0.1, -0.05) is 6.07 Å². The highest BCUT2D eigenvalue weighted by Crippen LogP contribution is 2.41. The SMILES string of the molecule is COC[C@H](C)NCc1cc2ncn(-c3cc(-c4ccc(F)cc4C(=O)N4CC(F)(F)C4)cc(C4CC4)n3)c(=O)c2[nH]1. The number of fused-ring (bicyclic) bond motifs is 1. The number of benzene rings is 1. The number of carbonyl (C=O) groups excluding carboxylic acids is 1. The van der Waals surface area contributed by atoms with Gasteiger partial charge in [-0.05, 0) is 61.2 Å². The minimum absolute atomic E-state index is 0.0236. The molecular weight excluding hydrogens is 537 g/mol. The number of amides is 1. The fraction of sp³-hybridized carbons (Fsp3) is 0.379. The van der Waals surface area contributed by atoms with Gasteiger partial charge in [0.15, 0.2) is 0 Å². The lowest BCUT2D eigenvalue weighted by atomic mass is 9.96. The number of rotatable bonds is 9. The van der Waals surface area contributed by atoms with Crippen LogP contribution in [0.2, 0.25) is 0 Å². The number of methoxy groups -OCH3 is 1. The van der Waals surface area contributed by atoms with Crippen LogP contribution in [-0.2, 0) is 11.3 Å². The van der Waals surface area contributed by atoms with Crippen molar-refractivity contribution in [2.45, 2.75) is 44.2 Å². The Morgan fingerprint density at radius 2 is 2.00 bits per heavy atom. The number of carbonyl (C=O) groups is 1. The largest absolute Gasteiger partial charge is 0.383 e. The average Bonchev–Trinajstić information content (AvgIpc) is 3.69. The topological polar surface area (TPSA) is 105 Å². The van der Waals surface area contributed by atoms with Crippen molar-refractivity contribution in [3.8, 4) is 16.9 Å². The van der Waals surface area contributed by atoms with Crippen LogP contribution >= 0.6 is 0 Å². The zero-order chi connectivity index (χ0) is 28.9. The maximum absolute atomic E-state index is 14.3. The number of aromatic nitrogens is 4.